The summed E-state index contributed by atoms with van der Waals surface area (Å²) in [6.07, 6.45) is 1.45. The van der Waals surface area contributed by atoms with Gasteiger partial charge in [-0.1, -0.05) is 23.7 Å². The number of benzene rings is 2. The summed E-state index contributed by atoms with van der Waals surface area (Å²) in [5, 5.41) is 11.9. The number of Topliss-reactive ketones (excluding diaryl/α,β-unsaturated/α-hetero) is 1. The lowest BCUT2D eigenvalue weighted by Gasteiger charge is -2.25. The van der Waals surface area contributed by atoms with E-state index in [1.807, 2.05) is 31.2 Å². The third kappa shape index (κ3) is 3.84. The van der Waals surface area contributed by atoms with Crippen LogP contribution in [-0.2, 0) is 11.3 Å². The van der Waals surface area contributed by atoms with Crippen molar-refractivity contribution in [1.29, 1.82) is 0 Å². The van der Waals surface area contributed by atoms with E-state index in [0.29, 0.717) is 34.1 Å². The number of carbonyl (C=O) groups excluding carboxylic acids is 2. The molecule has 1 aliphatic heterocycles. The molecule has 4 aromatic rings. The Morgan fingerprint density at radius 2 is 2.00 bits per heavy atom. The van der Waals surface area contributed by atoms with E-state index < -0.39 is 23.5 Å². The van der Waals surface area contributed by atoms with Gasteiger partial charge in [0, 0.05) is 17.0 Å². The summed E-state index contributed by atoms with van der Waals surface area (Å²) in [5.41, 5.74) is 1.14. The number of nitrogens with zero attached hydrogens (tertiary/aromatic N) is 1. The molecule has 7 nitrogen and oxygen atoms in total. The van der Waals surface area contributed by atoms with Crippen LogP contribution < -0.4 is 4.74 Å². The zero-order valence-electron chi connectivity index (χ0n) is 18.2. The van der Waals surface area contributed by atoms with Crippen molar-refractivity contribution >= 4 is 34.3 Å². The molecule has 2 aromatic heterocycles. The molecule has 1 unspecified atom stereocenters. The van der Waals surface area contributed by atoms with Crippen LogP contribution in [0.5, 0.6) is 5.75 Å². The summed E-state index contributed by atoms with van der Waals surface area (Å²) in [7, 11) is 0. The molecule has 0 bridgehead atoms. The zero-order valence-corrected chi connectivity index (χ0v) is 18.9. The number of aliphatic hydroxyl groups is 1. The maximum atomic E-state index is 13.5. The van der Waals surface area contributed by atoms with Gasteiger partial charge in [0.15, 0.2) is 11.5 Å². The van der Waals surface area contributed by atoms with Crippen molar-refractivity contribution in [3.05, 3.63) is 100 Å². The lowest BCUT2D eigenvalue weighted by Crippen LogP contribution is -2.30. The van der Waals surface area contributed by atoms with E-state index in [0.717, 1.165) is 5.56 Å². The Morgan fingerprint density at radius 1 is 1.15 bits per heavy atom. The average molecular weight is 478 g/mol. The Bertz CT molecular complexity index is 1420. The fourth-order valence-electron chi connectivity index (χ4n) is 4.15. The normalized spacial score (nSPS) is 16.0. The number of ketones is 1. The Kier molecular flexibility index (Phi) is 5.63. The topological polar surface area (TPSA) is 93.1 Å². The number of rotatable bonds is 7. The molecule has 1 aliphatic rings. The number of furan rings is 2. The first kappa shape index (κ1) is 21.9. The van der Waals surface area contributed by atoms with Gasteiger partial charge in [0.1, 0.15) is 23.1 Å². The molecule has 0 spiro atoms. The highest BCUT2D eigenvalue weighted by Crippen LogP contribution is 2.41. The summed E-state index contributed by atoms with van der Waals surface area (Å²) in [6, 6.07) is 16.2. The molecule has 1 N–H and O–H groups in total. The lowest BCUT2D eigenvalue weighted by molar-refractivity contribution is -0.130. The van der Waals surface area contributed by atoms with Gasteiger partial charge < -0.3 is 23.6 Å². The number of ether oxygens (including phenoxy) is 1. The van der Waals surface area contributed by atoms with Crippen molar-refractivity contribution in [2.24, 2.45) is 0 Å². The summed E-state index contributed by atoms with van der Waals surface area (Å²) < 4.78 is 16.8. The second-order valence-corrected chi connectivity index (χ2v) is 8.25. The van der Waals surface area contributed by atoms with Gasteiger partial charge in [0.2, 0.25) is 5.78 Å². The highest BCUT2D eigenvalue weighted by atomic mass is 35.5. The summed E-state index contributed by atoms with van der Waals surface area (Å²) in [4.78, 5) is 28.0. The van der Waals surface area contributed by atoms with Crippen LogP contribution in [0.4, 0.5) is 0 Å². The van der Waals surface area contributed by atoms with Crippen LogP contribution in [-0.4, -0.2) is 28.3 Å². The molecule has 5 rings (SSSR count). The van der Waals surface area contributed by atoms with E-state index in [1.165, 1.54) is 11.2 Å². The molecule has 172 valence electrons. The van der Waals surface area contributed by atoms with Crippen LogP contribution in [0.2, 0.25) is 5.02 Å². The second kappa shape index (κ2) is 8.76. The van der Waals surface area contributed by atoms with Crippen LogP contribution in [0, 0.1) is 0 Å². The minimum atomic E-state index is -0.928. The second-order valence-electron chi connectivity index (χ2n) is 7.82. The van der Waals surface area contributed by atoms with E-state index in [9.17, 15) is 14.7 Å². The Labute approximate surface area is 199 Å². The average Bonchev–Trinajstić information content (AvgIpc) is 3.54. The lowest BCUT2D eigenvalue weighted by atomic mass is 9.99. The molecular weight excluding hydrogens is 458 g/mol. The zero-order chi connectivity index (χ0) is 23.8. The van der Waals surface area contributed by atoms with Gasteiger partial charge in [-0.3, -0.25) is 9.59 Å². The van der Waals surface area contributed by atoms with E-state index >= 15 is 0 Å². The minimum absolute atomic E-state index is 0.0108. The minimum Gasteiger partial charge on any atom is -0.503 e. The SMILES string of the molecule is CCOc1cccc(CN2C(=O)C(O)=C(C(=O)c3cc4cc(Cl)ccc4o3)C2c2ccco2)c1. The van der Waals surface area contributed by atoms with Gasteiger partial charge in [-0.2, -0.15) is 0 Å². The maximum absolute atomic E-state index is 13.5. The van der Waals surface area contributed by atoms with Crippen molar-refractivity contribution in [1.82, 2.24) is 4.90 Å². The van der Waals surface area contributed by atoms with E-state index in [-0.39, 0.29) is 17.9 Å². The van der Waals surface area contributed by atoms with Gasteiger partial charge in [0.25, 0.3) is 5.91 Å². The third-order valence-electron chi connectivity index (χ3n) is 5.63. The van der Waals surface area contributed by atoms with Gasteiger partial charge >= 0.3 is 0 Å². The molecule has 0 fully saturated rings. The van der Waals surface area contributed by atoms with Crippen molar-refractivity contribution in [3.8, 4) is 5.75 Å². The molecule has 1 atom stereocenters. The van der Waals surface area contributed by atoms with Crippen molar-refractivity contribution in [2.45, 2.75) is 19.5 Å². The number of aliphatic hydroxyl groups excluding tert-OH is 1. The molecule has 2 aromatic carbocycles. The molecule has 0 aliphatic carbocycles. The predicted molar refractivity (Wildman–Crippen MR) is 125 cm³/mol. The predicted octanol–water partition coefficient (Wildman–Crippen LogP) is 5.86. The molecular formula is C26H20ClNO6. The fraction of sp³-hybridized carbons (Fsp3) is 0.154. The smallest absolute Gasteiger partial charge is 0.290 e. The molecule has 8 heteroatoms. The van der Waals surface area contributed by atoms with Gasteiger partial charge in [-0.15, -0.1) is 0 Å². The number of fused-ring (bicyclic) bond motifs is 1. The quantitative estimate of drug-likeness (QED) is 0.335. The standard InChI is InChI=1S/C26H20ClNO6/c1-2-32-18-6-3-5-15(11-18)14-28-23(20-7-4-10-33-20)22(25(30)26(28)31)24(29)21-13-16-12-17(27)8-9-19(16)34-21/h3-13,23,30H,2,14H2,1H3. The van der Waals surface area contributed by atoms with E-state index in [1.54, 1.807) is 36.4 Å². The number of halogens is 1. The highest BCUT2D eigenvalue weighted by Gasteiger charge is 2.46. The first-order valence-electron chi connectivity index (χ1n) is 10.7. The number of hydrogen-bond donors (Lipinski definition) is 1. The van der Waals surface area contributed by atoms with Crippen molar-refractivity contribution in [3.63, 3.8) is 0 Å². The summed E-state index contributed by atoms with van der Waals surface area (Å²) in [5.74, 6) is -0.915. The van der Waals surface area contributed by atoms with Gasteiger partial charge in [0.05, 0.1) is 18.4 Å². The van der Waals surface area contributed by atoms with Crippen molar-refractivity contribution in [2.75, 3.05) is 6.61 Å². The van der Waals surface area contributed by atoms with Crippen LogP contribution in [0.3, 0.4) is 0 Å². The molecule has 0 saturated carbocycles. The molecule has 1 amide bonds. The van der Waals surface area contributed by atoms with E-state index in [2.05, 4.69) is 0 Å². The first-order chi connectivity index (χ1) is 16.5. The van der Waals surface area contributed by atoms with Crippen molar-refractivity contribution < 1.29 is 28.3 Å². The number of carbonyl (C=O) groups is 2. The van der Waals surface area contributed by atoms with Crippen LogP contribution in [0.25, 0.3) is 11.0 Å². The summed E-state index contributed by atoms with van der Waals surface area (Å²) in [6.45, 7) is 2.52. The molecule has 0 radical (unpaired) electrons. The highest BCUT2D eigenvalue weighted by molar-refractivity contribution is 6.31. The first-order valence-corrected chi connectivity index (χ1v) is 11.1. The fourth-order valence-corrected chi connectivity index (χ4v) is 4.33. The number of hydrogen-bond acceptors (Lipinski definition) is 6. The number of amides is 1. The van der Waals surface area contributed by atoms with Gasteiger partial charge in [-0.05, 0) is 61.0 Å². The molecule has 3 heterocycles. The van der Waals surface area contributed by atoms with E-state index in [4.69, 9.17) is 25.2 Å². The Balaban J connectivity index is 1.54. The van der Waals surface area contributed by atoms with Crippen LogP contribution in [0.15, 0.2) is 87.1 Å². The van der Waals surface area contributed by atoms with Gasteiger partial charge in [-0.25, -0.2) is 0 Å². The third-order valence-corrected chi connectivity index (χ3v) is 5.86. The van der Waals surface area contributed by atoms with Crippen LogP contribution in [0.1, 0.15) is 34.8 Å². The largest absolute Gasteiger partial charge is 0.503 e. The van der Waals surface area contributed by atoms with Crippen LogP contribution >= 0.6 is 11.6 Å². The molecule has 34 heavy (non-hydrogen) atoms. The Hall–Kier alpha value is -3.97. The Morgan fingerprint density at radius 3 is 2.76 bits per heavy atom. The maximum Gasteiger partial charge on any atom is 0.290 e. The summed E-state index contributed by atoms with van der Waals surface area (Å²) >= 11 is 6.05. The monoisotopic (exact) mass is 477 g/mol. The molecule has 0 saturated heterocycles.